The number of benzene rings is 1. The molecule has 0 unspecified atom stereocenters. The number of unbranched alkanes of at least 4 members (excludes halogenated alkanes) is 1. The lowest BCUT2D eigenvalue weighted by molar-refractivity contribution is 0.232. The summed E-state index contributed by atoms with van der Waals surface area (Å²) < 4.78 is 31.0. The third-order valence-electron chi connectivity index (χ3n) is 3.75. The van der Waals surface area contributed by atoms with Crippen molar-refractivity contribution in [3.8, 4) is 0 Å². The third kappa shape index (κ3) is 4.67. The summed E-state index contributed by atoms with van der Waals surface area (Å²) in [5.74, 6) is 0. The van der Waals surface area contributed by atoms with E-state index in [1.54, 1.807) is 12.1 Å². The first-order valence-electron chi connectivity index (χ1n) is 7.16. The Morgan fingerprint density at radius 3 is 2.14 bits per heavy atom. The van der Waals surface area contributed by atoms with Crippen LogP contribution in [0.2, 0.25) is 0 Å². The van der Waals surface area contributed by atoms with Crippen LogP contribution in [-0.4, -0.2) is 62.3 Å². The van der Waals surface area contributed by atoms with E-state index in [9.17, 15) is 8.42 Å². The maximum atomic E-state index is 11.0. The normalized spacial score (nSPS) is 17.1. The molecule has 0 spiro atoms. The first-order valence-corrected chi connectivity index (χ1v) is 8.60. The van der Waals surface area contributed by atoms with Gasteiger partial charge in [-0.2, -0.15) is 8.42 Å². The average Bonchev–Trinajstić information content (AvgIpc) is 2.48. The van der Waals surface area contributed by atoms with E-state index in [1.165, 1.54) is 12.1 Å². The van der Waals surface area contributed by atoms with Crippen LogP contribution in [0.3, 0.4) is 0 Å². The van der Waals surface area contributed by atoms with Crippen molar-refractivity contribution in [2.45, 2.75) is 17.7 Å². The van der Waals surface area contributed by atoms with Crippen LogP contribution >= 0.6 is 0 Å². The molecule has 0 aromatic heterocycles. The van der Waals surface area contributed by atoms with Crippen LogP contribution in [0.4, 0.5) is 5.69 Å². The molecular formula is C14H22N2O4S. The fraction of sp³-hybridized carbons (Fsp3) is 0.571. The molecule has 0 saturated carbocycles. The zero-order chi connectivity index (χ0) is 15.3. The topological polar surface area (TPSA) is 81.1 Å². The zero-order valence-electron chi connectivity index (χ0n) is 12.0. The van der Waals surface area contributed by atoms with E-state index in [0.717, 1.165) is 51.3 Å². The van der Waals surface area contributed by atoms with Crippen LogP contribution in [0, 0.1) is 0 Å². The van der Waals surface area contributed by atoms with Gasteiger partial charge in [-0.25, -0.2) is 0 Å². The fourth-order valence-corrected chi connectivity index (χ4v) is 2.99. The predicted molar refractivity (Wildman–Crippen MR) is 81.2 cm³/mol. The summed E-state index contributed by atoms with van der Waals surface area (Å²) in [6.45, 7) is 4.97. The van der Waals surface area contributed by atoms with Gasteiger partial charge in [-0.3, -0.25) is 9.45 Å². The quantitative estimate of drug-likeness (QED) is 0.598. The summed E-state index contributed by atoms with van der Waals surface area (Å²) >= 11 is 0. The second kappa shape index (κ2) is 7.22. The second-order valence-electron chi connectivity index (χ2n) is 5.23. The molecular weight excluding hydrogens is 292 g/mol. The zero-order valence-corrected chi connectivity index (χ0v) is 12.8. The summed E-state index contributed by atoms with van der Waals surface area (Å²) in [6, 6.07) is 6.31. The van der Waals surface area contributed by atoms with Crippen molar-refractivity contribution in [3.63, 3.8) is 0 Å². The molecule has 0 amide bonds. The number of hydrogen-bond donors (Lipinski definition) is 2. The number of rotatable bonds is 6. The number of aliphatic hydroxyl groups excluding tert-OH is 1. The van der Waals surface area contributed by atoms with Gasteiger partial charge >= 0.3 is 0 Å². The van der Waals surface area contributed by atoms with E-state index >= 15 is 0 Å². The Morgan fingerprint density at radius 1 is 1.00 bits per heavy atom. The molecule has 1 aromatic rings. The molecule has 7 heteroatoms. The molecule has 1 heterocycles. The van der Waals surface area contributed by atoms with Gasteiger partial charge < -0.3 is 10.0 Å². The van der Waals surface area contributed by atoms with Gasteiger partial charge in [0.15, 0.2) is 0 Å². The Bertz CT molecular complexity index is 537. The number of piperazine rings is 1. The summed E-state index contributed by atoms with van der Waals surface area (Å²) in [6.07, 6.45) is 1.86. The van der Waals surface area contributed by atoms with Crippen LogP contribution in [0.15, 0.2) is 29.2 Å². The number of aliphatic hydroxyl groups is 1. The summed E-state index contributed by atoms with van der Waals surface area (Å²) in [7, 11) is -4.12. The molecule has 0 bridgehead atoms. The highest BCUT2D eigenvalue weighted by atomic mass is 32.2. The highest BCUT2D eigenvalue weighted by molar-refractivity contribution is 7.85. The molecule has 1 aliphatic rings. The van der Waals surface area contributed by atoms with Gasteiger partial charge in [0.2, 0.25) is 0 Å². The molecule has 6 nitrogen and oxygen atoms in total. The summed E-state index contributed by atoms with van der Waals surface area (Å²) in [5.41, 5.74) is 0.970. The van der Waals surface area contributed by atoms with Crippen molar-refractivity contribution in [2.24, 2.45) is 0 Å². The van der Waals surface area contributed by atoms with Gasteiger partial charge in [-0.1, -0.05) is 0 Å². The molecule has 0 radical (unpaired) electrons. The molecule has 0 aliphatic carbocycles. The van der Waals surface area contributed by atoms with E-state index in [0.29, 0.717) is 0 Å². The number of anilines is 1. The van der Waals surface area contributed by atoms with Gasteiger partial charge in [-0.15, -0.1) is 0 Å². The smallest absolute Gasteiger partial charge is 0.294 e. The Hall–Kier alpha value is -1.15. The van der Waals surface area contributed by atoms with Crippen molar-refractivity contribution in [2.75, 3.05) is 44.2 Å². The van der Waals surface area contributed by atoms with Crippen molar-refractivity contribution >= 4 is 15.8 Å². The van der Waals surface area contributed by atoms with Crippen LogP contribution in [0.25, 0.3) is 0 Å². The number of nitrogens with zero attached hydrogens (tertiary/aromatic N) is 2. The Morgan fingerprint density at radius 2 is 1.62 bits per heavy atom. The van der Waals surface area contributed by atoms with E-state index in [1.807, 2.05) is 0 Å². The van der Waals surface area contributed by atoms with E-state index in [2.05, 4.69) is 9.80 Å². The molecule has 1 aliphatic heterocycles. The average molecular weight is 314 g/mol. The molecule has 118 valence electrons. The molecule has 2 N–H and O–H groups in total. The minimum absolute atomic E-state index is 0.0751. The lowest BCUT2D eigenvalue weighted by Gasteiger charge is -2.36. The van der Waals surface area contributed by atoms with Gasteiger partial charge in [0.1, 0.15) is 0 Å². The molecule has 21 heavy (non-hydrogen) atoms. The highest BCUT2D eigenvalue weighted by Gasteiger charge is 2.17. The van der Waals surface area contributed by atoms with Crippen molar-refractivity contribution in [1.29, 1.82) is 0 Å². The van der Waals surface area contributed by atoms with Gasteiger partial charge in [0, 0.05) is 38.5 Å². The first kappa shape index (κ1) is 16.2. The Balaban J connectivity index is 1.87. The van der Waals surface area contributed by atoms with Crippen molar-refractivity contribution in [1.82, 2.24) is 4.90 Å². The summed E-state index contributed by atoms with van der Waals surface area (Å²) in [5, 5.41) is 8.78. The Labute approximate surface area is 125 Å². The fourth-order valence-electron chi connectivity index (χ4n) is 2.51. The van der Waals surface area contributed by atoms with Crippen molar-refractivity contribution < 1.29 is 18.1 Å². The van der Waals surface area contributed by atoms with E-state index < -0.39 is 10.1 Å². The monoisotopic (exact) mass is 314 g/mol. The maximum absolute atomic E-state index is 11.0. The lowest BCUT2D eigenvalue weighted by Crippen LogP contribution is -2.46. The second-order valence-corrected chi connectivity index (χ2v) is 6.65. The van der Waals surface area contributed by atoms with Crippen molar-refractivity contribution in [3.05, 3.63) is 24.3 Å². The van der Waals surface area contributed by atoms with E-state index in [4.69, 9.17) is 9.66 Å². The minimum Gasteiger partial charge on any atom is -0.396 e. The molecule has 1 fully saturated rings. The molecule has 1 saturated heterocycles. The van der Waals surface area contributed by atoms with Crippen LogP contribution in [0.1, 0.15) is 12.8 Å². The van der Waals surface area contributed by atoms with Crippen LogP contribution in [-0.2, 0) is 10.1 Å². The molecule has 2 rings (SSSR count). The molecule has 0 atom stereocenters. The molecule has 1 aromatic carbocycles. The number of hydrogen-bond acceptors (Lipinski definition) is 5. The highest BCUT2D eigenvalue weighted by Crippen LogP contribution is 2.19. The van der Waals surface area contributed by atoms with Gasteiger partial charge in [0.05, 0.1) is 4.90 Å². The first-order chi connectivity index (χ1) is 10.0. The van der Waals surface area contributed by atoms with Crippen LogP contribution < -0.4 is 4.90 Å². The van der Waals surface area contributed by atoms with Gasteiger partial charge in [-0.05, 0) is 43.7 Å². The van der Waals surface area contributed by atoms with Gasteiger partial charge in [0.25, 0.3) is 10.1 Å². The minimum atomic E-state index is -4.12. The largest absolute Gasteiger partial charge is 0.396 e. The van der Waals surface area contributed by atoms with Crippen LogP contribution in [0.5, 0.6) is 0 Å². The summed E-state index contributed by atoms with van der Waals surface area (Å²) in [4.78, 5) is 4.50. The third-order valence-corrected chi connectivity index (χ3v) is 4.62. The SMILES string of the molecule is O=S(=O)(O)c1ccc(N2CCN(CCCCO)CC2)cc1. The van der Waals surface area contributed by atoms with E-state index in [-0.39, 0.29) is 11.5 Å². The Kier molecular flexibility index (Phi) is 5.58. The maximum Gasteiger partial charge on any atom is 0.294 e. The standard InChI is InChI=1S/C14H22N2O4S/c17-12-2-1-7-15-8-10-16(11-9-15)13-3-5-14(6-4-13)21(18,19)20/h3-6,17H,1-2,7-12H2,(H,18,19,20). The predicted octanol–water partition coefficient (Wildman–Crippen LogP) is 0.828. The lowest BCUT2D eigenvalue weighted by atomic mass is 10.2.